The van der Waals surface area contributed by atoms with Gasteiger partial charge in [-0.05, 0) is 47.7 Å². The number of nitrogens with one attached hydrogen (secondary N) is 1. The third-order valence-corrected chi connectivity index (χ3v) is 5.81. The van der Waals surface area contributed by atoms with E-state index in [1.54, 1.807) is 6.07 Å². The Labute approximate surface area is 186 Å². The fourth-order valence-electron chi connectivity index (χ4n) is 3.71. The Morgan fingerprint density at radius 1 is 1.16 bits per heavy atom. The van der Waals surface area contributed by atoms with Gasteiger partial charge in [-0.15, -0.1) is 0 Å². The third-order valence-electron chi connectivity index (χ3n) is 5.29. The highest BCUT2D eigenvalue weighted by Gasteiger charge is 2.34. The zero-order valence-corrected chi connectivity index (χ0v) is 18.3. The van der Waals surface area contributed by atoms with Gasteiger partial charge in [0.25, 0.3) is 5.56 Å². The Bertz CT molecular complexity index is 1260. The molecule has 2 aromatic carbocycles. The zero-order valence-electron chi connectivity index (χ0n) is 16.8. The smallest absolute Gasteiger partial charge is 0.303 e. The van der Waals surface area contributed by atoms with Crippen molar-refractivity contribution < 1.29 is 14.7 Å². The van der Waals surface area contributed by atoms with Crippen LogP contribution in [0.2, 0.25) is 0 Å². The number of amides is 1. The van der Waals surface area contributed by atoms with Crippen molar-refractivity contribution in [3.8, 4) is 0 Å². The molecule has 0 spiro atoms. The fourth-order valence-corrected chi connectivity index (χ4v) is 3.97. The molecule has 31 heavy (non-hydrogen) atoms. The lowest BCUT2D eigenvalue weighted by Crippen LogP contribution is -2.27. The zero-order chi connectivity index (χ0) is 22.1. The van der Waals surface area contributed by atoms with E-state index in [0.717, 1.165) is 26.5 Å². The number of aromatic amines is 1. The molecule has 1 atom stereocenters. The number of carbonyl (C=O) groups is 2. The van der Waals surface area contributed by atoms with Gasteiger partial charge in [0.1, 0.15) is 0 Å². The van der Waals surface area contributed by atoms with E-state index in [1.807, 2.05) is 49.4 Å². The maximum atomic E-state index is 12.8. The SMILES string of the molecule is Cc1ccc2cc(C3=NN(C(=O)CCC(=O)O)C(c4ccc(Br)cc4)C3)c(=O)[nH]c2c1. The van der Waals surface area contributed by atoms with Crippen molar-refractivity contribution in [1.29, 1.82) is 0 Å². The molecule has 0 aliphatic carbocycles. The largest absolute Gasteiger partial charge is 0.481 e. The van der Waals surface area contributed by atoms with Crippen molar-refractivity contribution in [1.82, 2.24) is 9.99 Å². The van der Waals surface area contributed by atoms with Crippen LogP contribution in [0, 0.1) is 6.92 Å². The Hall–Kier alpha value is -3.26. The van der Waals surface area contributed by atoms with Gasteiger partial charge in [-0.3, -0.25) is 14.4 Å². The number of aromatic nitrogens is 1. The predicted octanol–water partition coefficient (Wildman–Crippen LogP) is 4.14. The first-order chi connectivity index (χ1) is 14.8. The van der Waals surface area contributed by atoms with E-state index in [2.05, 4.69) is 26.0 Å². The second-order valence-corrected chi connectivity index (χ2v) is 8.47. The molecule has 0 bridgehead atoms. The van der Waals surface area contributed by atoms with Crippen LogP contribution in [-0.2, 0) is 9.59 Å². The van der Waals surface area contributed by atoms with Gasteiger partial charge in [-0.2, -0.15) is 5.10 Å². The Morgan fingerprint density at radius 2 is 1.90 bits per heavy atom. The van der Waals surface area contributed by atoms with E-state index in [4.69, 9.17) is 5.11 Å². The molecule has 1 amide bonds. The van der Waals surface area contributed by atoms with Crippen molar-refractivity contribution in [2.75, 3.05) is 0 Å². The molecular weight excluding hydrogens is 462 g/mol. The second-order valence-electron chi connectivity index (χ2n) is 7.55. The number of aryl methyl sites for hydroxylation is 1. The van der Waals surface area contributed by atoms with E-state index in [0.29, 0.717) is 17.7 Å². The van der Waals surface area contributed by atoms with Crippen molar-refractivity contribution in [2.24, 2.45) is 5.10 Å². The molecule has 2 N–H and O–H groups in total. The van der Waals surface area contributed by atoms with Crippen molar-refractivity contribution in [3.05, 3.63) is 80.0 Å². The van der Waals surface area contributed by atoms with Crippen molar-refractivity contribution >= 4 is 44.4 Å². The Kier molecular flexibility index (Phi) is 5.73. The maximum absolute atomic E-state index is 12.8. The van der Waals surface area contributed by atoms with Crippen molar-refractivity contribution in [2.45, 2.75) is 32.2 Å². The van der Waals surface area contributed by atoms with E-state index < -0.39 is 17.9 Å². The average molecular weight is 482 g/mol. The van der Waals surface area contributed by atoms with Gasteiger partial charge < -0.3 is 10.1 Å². The molecule has 1 aliphatic heterocycles. The standard InChI is InChI=1S/C23H20BrN3O4/c1-13-2-3-15-11-17(23(31)25-18(15)10-13)19-12-20(14-4-6-16(24)7-5-14)27(26-19)21(28)8-9-22(29)30/h2-7,10-11,20H,8-9,12H2,1H3,(H,25,31)(H,29,30). The average Bonchev–Trinajstić information content (AvgIpc) is 3.17. The molecule has 4 rings (SSSR count). The summed E-state index contributed by atoms with van der Waals surface area (Å²) in [6.07, 6.45) is -0.0729. The minimum Gasteiger partial charge on any atom is -0.481 e. The van der Waals surface area contributed by atoms with Gasteiger partial charge in [0.2, 0.25) is 5.91 Å². The highest BCUT2D eigenvalue weighted by Crippen LogP contribution is 2.33. The number of aliphatic carboxylic acids is 1. The van der Waals surface area contributed by atoms with Crippen molar-refractivity contribution in [3.63, 3.8) is 0 Å². The first-order valence-corrected chi connectivity index (χ1v) is 10.6. The van der Waals surface area contributed by atoms with Gasteiger partial charge in [0.05, 0.1) is 23.7 Å². The van der Waals surface area contributed by atoms with Crippen LogP contribution in [0.15, 0.2) is 62.9 Å². The highest BCUT2D eigenvalue weighted by molar-refractivity contribution is 9.10. The van der Waals surface area contributed by atoms with Crippen LogP contribution in [0.5, 0.6) is 0 Å². The highest BCUT2D eigenvalue weighted by atomic mass is 79.9. The number of hydrogen-bond donors (Lipinski definition) is 2. The lowest BCUT2D eigenvalue weighted by molar-refractivity contribution is -0.141. The Morgan fingerprint density at radius 3 is 2.61 bits per heavy atom. The number of halogens is 1. The third kappa shape index (κ3) is 4.44. The van der Waals surface area contributed by atoms with Gasteiger partial charge in [-0.25, -0.2) is 5.01 Å². The molecule has 0 fully saturated rings. The lowest BCUT2D eigenvalue weighted by Gasteiger charge is -2.22. The van der Waals surface area contributed by atoms with E-state index >= 15 is 0 Å². The topological polar surface area (TPSA) is 103 Å². The van der Waals surface area contributed by atoms with Crippen LogP contribution in [0.25, 0.3) is 10.9 Å². The number of benzene rings is 2. The number of carbonyl (C=O) groups excluding carboxylic acids is 1. The number of pyridine rings is 1. The minimum absolute atomic E-state index is 0.160. The minimum atomic E-state index is -1.04. The predicted molar refractivity (Wildman–Crippen MR) is 121 cm³/mol. The summed E-state index contributed by atoms with van der Waals surface area (Å²) in [6, 6.07) is 14.7. The normalized spacial score (nSPS) is 15.9. The van der Waals surface area contributed by atoms with Crippen LogP contribution in [-0.4, -0.2) is 32.7 Å². The summed E-state index contributed by atoms with van der Waals surface area (Å²) in [5.41, 5.74) is 3.28. The summed E-state index contributed by atoms with van der Waals surface area (Å²) in [6.45, 7) is 1.95. The monoisotopic (exact) mass is 481 g/mol. The molecule has 1 aromatic heterocycles. The first-order valence-electron chi connectivity index (χ1n) is 9.82. The number of H-pyrrole nitrogens is 1. The Balaban J connectivity index is 1.73. The molecule has 8 heteroatoms. The quantitative estimate of drug-likeness (QED) is 0.571. The summed E-state index contributed by atoms with van der Waals surface area (Å²) in [4.78, 5) is 39.4. The summed E-state index contributed by atoms with van der Waals surface area (Å²) < 4.78 is 0.903. The van der Waals surface area contributed by atoms with E-state index in [9.17, 15) is 14.4 Å². The molecule has 1 aliphatic rings. The molecule has 2 heterocycles. The molecular formula is C23H20BrN3O4. The van der Waals surface area contributed by atoms with Gasteiger partial charge in [0.15, 0.2) is 0 Å². The van der Waals surface area contributed by atoms with Gasteiger partial charge >= 0.3 is 5.97 Å². The number of rotatable bonds is 5. The van der Waals surface area contributed by atoms with Crippen LogP contribution in [0.4, 0.5) is 0 Å². The second kappa shape index (κ2) is 8.47. The van der Waals surface area contributed by atoms with Crippen LogP contribution in [0.3, 0.4) is 0 Å². The number of carboxylic acids is 1. The summed E-state index contributed by atoms with van der Waals surface area (Å²) in [5.74, 6) is -1.43. The summed E-state index contributed by atoms with van der Waals surface area (Å²) in [7, 11) is 0. The van der Waals surface area contributed by atoms with Crippen LogP contribution in [0.1, 0.15) is 42.0 Å². The lowest BCUT2D eigenvalue weighted by atomic mass is 9.98. The number of carboxylic acid groups (broad SMARTS) is 1. The first kappa shape index (κ1) is 21.0. The van der Waals surface area contributed by atoms with Crippen LogP contribution < -0.4 is 5.56 Å². The molecule has 0 saturated carbocycles. The van der Waals surface area contributed by atoms with Gasteiger partial charge in [-0.1, -0.05) is 40.2 Å². The van der Waals surface area contributed by atoms with Crippen LogP contribution >= 0.6 is 15.9 Å². The number of hydrazone groups is 1. The molecule has 158 valence electrons. The fraction of sp³-hybridized carbons (Fsp3) is 0.217. The number of fused-ring (bicyclic) bond motifs is 1. The molecule has 3 aromatic rings. The summed E-state index contributed by atoms with van der Waals surface area (Å²) in [5, 5.41) is 15.6. The molecule has 7 nitrogen and oxygen atoms in total. The molecule has 0 saturated heterocycles. The maximum Gasteiger partial charge on any atom is 0.303 e. The van der Waals surface area contributed by atoms with Gasteiger partial charge in [0, 0.05) is 22.8 Å². The molecule has 0 radical (unpaired) electrons. The number of hydrogen-bond acceptors (Lipinski definition) is 4. The van der Waals surface area contributed by atoms with E-state index in [1.165, 1.54) is 5.01 Å². The molecule has 1 unspecified atom stereocenters. The summed E-state index contributed by atoms with van der Waals surface area (Å²) >= 11 is 3.41. The number of nitrogens with zero attached hydrogens (tertiary/aromatic N) is 2. The van der Waals surface area contributed by atoms with E-state index in [-0.39, 0.29) is 18.4 Å².